The van der Waals surface area contributed by atoms with Crippen LogP contribution in [-0.4, -0.2) is 15.4 Å². The van der Waals surface area contributed by atoms with Crippen LogP contribution in [0.1, 0.15) is 21.6 Å². The van der Waals surface area contributed by atoms with Crippen LogP contribution in [0.15, 0.2) is 53.5 Å². The number of carbonyl (C=O) groups is 1. The SMILES string of the molecule is Cc1ccc2nc(COC(=O)c3ccc(F)cc3)cc(=O)n2c1. The van der Waals surface area contributed by atoms with Crippen molar-refractivity contribution in [2.75, 3.05) is 0 Å². The molecular weight excluding hydrogens is 299 g/mol. The second kappa shape index (κ2) is 6.00. The largest absolute Gasteiger partial charge is 0.456 e. The molecule has 3 rings (SSSR count). The average Bonchev–Trinajstić information content (AvgIpc) is 2.54. The highest BCUT2D eigenvalue weighted by Crippen LogP contribution is 2.07. The monoisotopic (exact) mass is 312 g/mol. The van der Waals surface area contributed by atoms with E-state index in [1.807, 2.05) is 13.0 Å². The number of esters is 1. The van der Waals surface area contributed by atoms with Crippen molar-refractivity contribution in [1.29, 1.82) is 0 Å². The van der Waals surface area contributed by atoms with Gasteiger partial charge in [-0.2, -0.15) is 0 Å². The molecule has 2 heterocycles. The zero-order chi connectivity index (χ0) is 16.4. The van der Waals surface area contributed by atoms with Gasteiger partial charge in [0.15, 0.2) is 0 Å². The van der Waals surface area contributed by atoms with Gasteiger partial charge >= 0.3 is 5.97 Å². The number of benzene rings is 1. The van der Waals surface area contributed by atoms with Gasteiger partial charge in [-0.05, 0) is 42.8 Å². The van der Waals surface area contributed by atoms with Gasteiger partial charge in [0.1, 0.15) is 18.1 Å². The van der Waals surface area contributed by atoms with E-state index in [2.05, 4.69) is 4.98 Å². The number of aromatic nitrogens is 2. The summed E-state index contributed by atoms with van der Waals surface area (Å²) in [4.78, 5) is 28.2. The van der Waals surface area contributed by atoms with E-state index in [0.29, 0.717) is 11.3 Å². The van der Waals surface area contributed by atoms with Crippen molar-refractivity contribution in [2.45, 2.75) is 13.5 Å². The molecule has 6 heteroatoms. The van der Waals surface area contributed by atoms with Gasteiger partial charge in [0.05, 0.1) is 11.3 Å². The third-order valence-corrected chi connectivity index (χ3v) is 3.29. The highest BCUT2D eigenvalue weighted by molar-refractivity contribution is 5.89. The van der Waals surface area contributed by atoms with Crippen LogP contribution in [0, 0.1) is 12.7 Å². The van der Waals surface area contributed by atoms with Crippen molar-refractivity contribution >= 4 is 11.6 Å². The molecule has 0 saturated heterocycles. The Morgan fingerprint density at radius 3 is 2.70 bits per heavy atom. The van der Waals surface area contributed by atoms with Crippen LogP contribution in [0.5, 0.6) is 0 Å². The summed E-state index contributed by atoms with van der Waals surface area (Å²) < 4.78 is 19.4. The Hall–Kier alpha value is -3.02. The third-order valence-electron chi connectivity index (χ3n) is 3.29. The van der Waals surface area contributed by atoms with Gasteiger partial charge in [0.2, 0.25) is 0 Å². The number of hydrogen-bond acceptors (Lipinski definition) is 4. The fourth-order valence-electron chi connectivity index (χ4n) is 2.14. The number of ether oxygens (including phenoxy) is 1. The van der Waals surface area contributed by atoms with Gasteiger partial charge in [0.25, 0.3) is 5.56 Å². The molecule has 2 aromatic heterocycles. The van der Waals surface area contributed by atoms with Crippen LogP contribution in [-0.2, 0) is 11.3 Å². The molecule has 0 unspecified atom stereocenters. The zero-order valence-corrected chi connectivity index (χ0v) is 12.3. The van der Waals surface area contributed by atoms with E-state index in [9.17, 15) is 14.0 Å². The second-order valence-electron chi connectivity index (χ2n) is 5.10. The van der Waals surface area contributed by atoms with E-state index in [1.54, 1.807) is 12.3 Å². The fourth-order valence-corrected chi connectivity index (χ4v) is 2.14. The number of fused-ring (bicyclic) bond motifs is 1. The predicted octanol–water partition coefficient (Wildman–Crippen LogP) is 2.50. The van der Waals surface area contributed by atoms with Crippen LogP contribution in [0.2, 0.25) is 0 Å². The molecule has 116 valence electrons. The van der Waals surface area contributed by atoms with Gasteiger partial charge < -0.3 is 4.74 Å². The molecule has 0 amide bonds. The molecule has 0 aliphatic carbocycles. The molecule has 0 bridgehead atoms. The van der Waals surface area contributed by atoms with E-state index < -0.39 is 11.8 Å². The van der Waals surface area contributed by atoms with Crippen molar-refractivity contribution < 1.29 is 13.9 Å². The van der Waals surface area contributed by atoms with Crippen LogP contribution < -0.4 is 5.56 Å². The molecule has 0 fully saturated rings. The molecule has 1 aromatic carbocycles. The number of aryl methyl sites for hydroxylation is 1. The van der Waals surface area contributed by atoms with E-state index in [4.69, 9.17) is 4.74 Å². The fraction of sp³-hybridized carbons (Fsp3) is 0.118. The Bertz CT molecular complexity index is 933. The number of carbonyl (C=O) groups excluding carboxylic acids is 1. The summed E-state index contributed by atoms with van der Waals surface area (Å²) in [6, 6.07) is 9.92. The number of hydrogen-bond donors (Lipinski definition) is 0. The Morgan fingerprint density at radius 2 is 1.96 bits per heavy atom. The van der Waals surface area contributed by atoms with Crippen LogP contribution >= 0.6 is 0 Å². The Labute approximate surface area is 131 Å². The molecule has 0 aliphatic rings. The summed E-state index contributed by atoms with van der Waals surface area (Å²) in [7, 11) is 0. The van der Waals surface area contributed by atoms with E-state index in [1.165, 1.54) is 34.7 Å². The van der Waals surface area contributed by atoms with Gasteiger partial charge in [-0.25, -0.2) is 14.2 Å². The van der Waals surface area contributed by atoms with Crippen molar-refractivity contribution in [3.8, 4) is 0 Å². The topological polar surface area (TPSA) is 60.7 Å². The van der Waals surface area contributed by atoms with E-state index in [0.717, 1.165) is 5.56 Å². The summed E-state index contributed by atoms with van der Waals surface area (Å²) in [5.41, 5.74) is 1.77. The van der Waals surface area contributed by atoms with Gasteiger partial charge in [-0.1, -0.05) is 6.07 Å². The maximum Gasteiger partial charge on any atom is 0.338 e. The zero-order valence-electron chi connectivity index (χ0n) is 12.3. The predicted molar refractivity (Wildman–Crippen MR) is 81.7 cm³/mol. The number of halogens is 1. The van der Waals surface area contributed by atoms with Crippen molar-refractivity contribution in [3.63, 3.8) is 0 Å². The van der Waals surface area contributed by atoms with Crippen LogP contribution in [0.25, 0.3) is 5.65 Å². The highest BCUT2D eigenvalue weighted by atomic mass is 19.1. The molecule has 5 nitrogen and oxygen atoms in total. The van der Waals surface area contributed by atoms with Crippen molar-refractivity contribution in [1.82, 2.24) is 9.38 Å². The smallest absolute Gasteiger partial charge is 0.338 e. The molecular formula is C17H13FN2O3. The minimum absolute atomic E-state index is 0.129. The van der Waals surface area contributed by atoms with E-state index in [-0.39, 0.29) is 17.7 Å². The average molecular weight is 312 g/mol. The van der Waals surface area contributed by atoms with Crippen LogP contribution in [0.4, 0.5) is 4.39 Å². The molecule has 3 aromatic rings. The standard InChI is InChI=1S/C17H13FN2O3/c1-11-2-7-15-19-14(8-16(21)20(15)9-11)10-23-17(22)12-3-5-13(18)6-4-12/h2-9H,10H2,1H3. The molecule has 0 aliphatic heterocycles. The highest BCUT2D eigenvalue weighted by Gasteiger charge is 2.09. The van der Waals surface area contributed by atoms with Crippen molar-refractivity contribution in [3.05, 3.63) is 81.7 Å². The minimum Gasteiger partial charge on any atom is -0.456 e. The Kier molecular flexibility index (Phi) is 3.89. The first-order valence-electron chi connectivity index (χ1n) is 6.94. The maximum absolute atomic E-state index is 12.8. The van der Waals surface area contributed by atoms with Crippen LogP contribution in [0.3, 0.4) is 0 Å². The van der Waals surface area contributed by atoms with Gasteiger partial charge in [-0.3, -0.25) is 9.20 Å². The van der Waals surface area contributed by atoms with E-state index >= 15 is 0 Å². The quantitative estimate of drug-likeness (QED) is 0.697. The molecule has 0 N–H and O–H groups in total. The molecule has 0 atom stereocenters. The lowest BCUT2D eigenvalue weighted by Crippen LogP contribution is -2.16. The maximum atomic E-state index is 12.8. The lowest BCUT2D eigenvalue weighted by Gasteiger charge is -2.06. The number of rotatable bonds is 3. The molecule has 0 radical (unpaired) electrons. The van der Waals surface area contributed by atoms with Crippen molar-refractivity contribution in [2.24, 2.45) is 0 Å². The van der Waals surface area contributed by atoms with Gasteiger partial charge in [-0.15, -0.1) is 0 Å². The summed E-state index contributed by atoms with van der Waals surface area (Å²) in [6.07, 6.45) is 1.69. The summed E-state index contributed by atoms with van der Waals surface area (Å²) in [5, 5.41) is 0. The minimum atomic E-state index is -0.601. The first kappa shape index (κ1) is 14.9. The summed E-state index contributed by atoms with van der Waals surface area (Å²) in [6.45, 7) is 1.75. The lowest BCUT2D eigenvalue weighted by atomic mass is 10.2. The Morgan fingerprint density at radius 1 is 1.22 bits per heavy atom. The summed E-state index contributed by atoms with van der Waals surface area (Å²) in [5.74, 6) is -1.03. The molecule has 23 heavy (non-hydrogen) atoms. The number of nitrogens with zero attached hydrogens (tertiary/aromatic N) is 2. The molecule has 0 spiro atoms. The first-order chi connectivity index (χ1) is 11.0. The lowest BCUT2D eigenvalue weighted by molar-refractivity contribution is 0.0467. The molecule has 0 saturated carbocycles. The summed E-state index contributed by atoms with van der Waals surface area (Å²) >= 11 is 0. The normalized spacial score (nSPS) is 10.7. The second-order valence-corrected chi connectivity index (χ2v) is 5.10. The third kappa shape index (κ3) is 3.26. The number of pyridine rings is 1. The van der Waals surface area contributed by atoms with Gasteiger partial charge in [0, 0.05) is 12.3 Å². The first-order valence-corrected chi connectivity index (χ1v) is 6.94. The Balaban J connectivity index is 1.79.